The number of aryl methyl sites for hydroxylation is 1. The zero-order chi connectivity index (χ0) is 14.7. The SMILES string of the molecule is CC[C@H](C)NC(=O)Nc1cc2c(cc1F)NC(=O)CC2. The van der Waals surface area contributed by atoms with Gasteiger partial charge in [-0.3, -0.25) is 4.79 Å². The molecule has 1 aliphatic heterocycles. The van der Waals surface area contributed by atoms with Crippen LogP contribution in [0, 0.1) is 5.82 Å². The molecule has 3 amide bonds. The minimum Gasteiger partial charge on any atom is -0.335 e. The van der Waals surface area contributed by atoms with Crippen molar-refractivity contribution in [2.24, 2.45) is 0 Å². The molecule has 0 fully saturated rings. The maximum absolute atomic E-state index is 13.9. The van der Waals surface area contributed by atoms with E-state index in [-0.39, 0.29) is 17.6 Å². The minimum absolute atomic E-state index is 0.0231. The van der Waals surface area contributed by atoms with Crippen LogP contribution in [-0.4, -0.2) is 18.0 Å². The Balaban J connectivity index is 2.13. The molecule has 1 heterocycles. The van der Waals surface area contributed by atoms with Crippen molar-refractivity contribution in [2.45, 2.75) is 39.2 Å². The smallest absolute Gasteiger partial charge is 0.319 e. The van der Waals surface area contributed by atoms with Crippen LogP contribution in [0.15, 0.2) is 12.1 Å². The lowest BCUT2D eigenvalue weighted by Gasteiger charge is -2.19. The van der Waals surface area contributed by atoms with Gasteiger partial charge in [0, 0.05) is 18.2 Å². The first-order chi connectivity index (χ1) is 9.49. The average molecular weight is 279 g/mol. The molecule has 6 heteroatoms. The first-order valence-electron chi connectivity index (χ1n) is 6.69. The predicted octanol–water partition coefficient (Wildman–Crippen LogP) is 2.63. The standard InChI is InChI=1S/C14H18FN3O2/c1-3-8(2)16-14(20)18-12-6-9-4-5-13(19)17-11(9)7-10(12)15/h6-8H,3-5H2,1-2H3,(H,17,19)(H2,16,18,20)/t8-/m0/s1. The molecule has 2 rings (SSSR count). The number of amides is 3. The third-order valence-electron chi connectivity index (χ3n) is 3.33. The van der Waals surface area contributed by atoms with Gasteiger partial charge in [0.05, 0.1) is 5.69 Å². The molecule has 0 aromatic heterocycles. The first-order valence-corrected chi connectivity index (χ1v) is 6.69. The molecule has 0 unspecified atom stereocenters. The largest absolute Gasteiger partial charge is 0.335 e. The number of carbonyl (C=O) groups excluding carboxylic acids is 2. The van der Waals surface area contributed by atoms with E-state index in [0.717, 1.165) is 12.0 Å². The summed E-state index contributed by atoms with van der Waals surface area (Å²) in [5.41, 5.74) is 1.43. The Morgan fingerprint density at radius 3 is 2.90 bits per heavy atom. The predicted molar refractivity (Wildman–Crippen MR) is 75.3 cm³/mol. The van der Waals surface area contributed by atoms with Gasteiger partial charge in [-0.15, -0.1) is 0 Å². The molecule has 1 atom stereocenters. The van der Waals surface area contributed by atoms with E-state index in [0.29, 0.717) is 18.5 Å². The molecule has 5 nitrogen and oxygen atoms in total. The Bertz CT molecular complexity index is 545. The topological polar surface area (TPSA) is 70.2 Å². The van der Waals surface area contributed by atoms with Crippen molar-refractivity contribution in [2.75, 3.05) is 10.6 Å². The molecule has 20 heavy (non-hydrogen) atoms. The van der Waals surface area contributed by atoms with E-state index in [4.69, 9.17) is 0 Å². The van der Waals surface area contributed by atoms with Crippen LogP contribution in [0.2, 0.25) is 0 Å². The van der Waals surface area contributed by atoms with Gasteiger partial charge in [-0.05, 0) is 37.5 Å². The molecule has 1 aromatic carbocycles. The highest BCUT2D eigenvalue weighted by Crippen LogP contribution is 2.28. The van der Waals surface area contributed by atoms with Crippen LogP contribution >= 0.6 is 0 Å². The summed E-state index contributed by atoms with van der Waals surface area (Å²) in [6.45, 7) is 3.82. The number of anilines is 2. The van der Waals surface area contributed by atoms with Crippen molar-refractivity contribution in [3.8, 4) is 0 Å². The van der Waals surface area contributed by atoms with Crippen LogP contribution in [0.5, 0.6) is 0 Å². The third kappa shape index (κ3) is 3.26. The van der Waals surface area contributed by atoms with Crippen molar-refractivity contribution in [1.82, 2.24) is 5.32 Å². The molecule has 0 radical (unpaired) electrons. The van der Waals surface area contributed by atoms with E-state index in [9.17, 15) is 14.0 Å². The Morgan fingerprint density at radius 1 is 1.45 bits per heavy atom. The zero-order valence-corrected chi connectivity index (χ0v) is 11.5. The lowest BCUT2D eigenvalue weighted by atomic mass is 10.0. The van der Waals surface area contributed by atoms with Gasteiger partial charge >= 0.3 is 6.03 Å². The van der Waals surface area contributed by atoms with Crippen LogP contribution in [0.4, 0.5) is 20.6 Å². The fourth-order valence-corrected chi connectivity index (χ4v) is 1.98. The second kappa shape index (κ2) is 5.90. The van der Waals surface area contributed by atoms with Crippen LogP contribution in [-0.2, 0) is 11.2 Å². The van der Waals surface area contributed by atoms with E-state index < -0.39 is 11.8 Å². The number of rotatable bonds is 3. The molecule has 0 bridgehead atoms. The number of fused-ring (bicyclic) bond motifs is 1. The Kier molecular flexibility index (Phi) is 4.22. The second-order valence-corrected chi connectivity index (χ2v) is 4.95. The van der Waals surface area contributed by atoms with E-state index in [1.54, 1.807) is 6.07 Å². The number of benzene rings is 1. The maximum Gasteiger partial charge on any atom is 0.319 e. The van der Waals surface area contributed by atoms with Crippen molar-refractivity contribution in [3.05, 3.63) is 23.5 Å². The number of urea groups is 1. The number of hydrogen-bond acceptors (Lipinski definition) is 2. The van der Waals surface area contributed by atoms with Crippen LogP contribution in [0.1, 0.15) is 32.3 Å². The van der Waals surface area contributed by atoms with Gasteiger partial charge in [0.2, 0.25) is 5.91 Å². The first kappa shape index (κ1) is 14.3. The molecule has 1 aromatic rings. The lowest BCUT2D eigenvalue weighted by molar-refractivity contribution is -0.116. The minimum atomic E-state index is -0.565. The molecular weight excluding hydrogens is 261 g/mol. The fourth-order valence-electron chi connectivity index (χ4n) is 1.98. The van der Waals surface area contributed by atoms with Gasteiger partial charge < -0.3 is 16.0 Å². The van der Waals surface area contributed by atoms with Crippen molar-refractivity contribution >= 4 is 23.3 Å². The molecule has 0 saturated heterocycles. The second-order valence-electron chi connectivity index (χ2n) is 4.95. The van der Waals surface area contributed by atoms with E-state index >= 15 is 0 Å². The zero-order valence-electron chi connectivity index (χ0n) is 11.5. The quantitative estimate of drug-likeness (QED) is 0.796. The van der Waals surface area contributed by atoms with Crippen molar-refractivity contribution in [1.29, 1.82) is 0 Å². The number of carbonyl (C=O) groups is 2. The normalized spacial score (nSPS) is 15.1. The monoisotopic (exact) mass is 279 g/mol. The number of nitrogens with one attached hydrogen (secondary N) is 3. The summed E-state index contributed by atoms with van der Waals surface area (Å²) in [7, 11) is 0. The highest BCUT2D eigenvalue weighted by molar-refractivity contribution is 5.95. The molecular formula is C14H18FN3O2. The van der Waals surface area contributed by atoms with Gasteiger partial charge in [-0.1, -0.05) is 6.92 Å². The summed E-state index contributed by atoms with van der Waals surface area (Å²) >= 11 is 0. The fraction of sp³-hybridized carbons (Fsp3) is 0.429. The Labute approximate surface area is 116 Å². The molecule has 3 N–H and O–H groups in total. The Morgan fingerprint density at radius 2 is 2.20 bits per heavy atom. The van der Waals surface area contributed by atoms with E-state index in [1.807, 2.05) is 13.8 Å². The van der Waals surface area contributed by atoms with Gasteiger partial charge in [0.1, 0.15) is 5.82 Å². The van der Waals surface area contributed by atoms with E-state index in [2.05, 4.69) is 16.0 Å². The molecule has 1 aliphatic rings. The molecule has 0 spiro atoms. The summed E-state index contributed by atoms with van der Waals surface area (Å²) in [5.74, 6) is -0.683. The lowest BCUT2D eigenvalue weighted by Crippen LogP contribution is -2.35. The summed E-state index contributed by atoms with van der Waals surface area (Å²) < 4.78 is 13.9. The molecule has 0 aliphatic carbocycles. The summed E-state index contributed by atoms with van der Waals surface area (Å²) in [5, 5.41) is 7.82. The average Bonchev–Trinajstić information content (AvgIpc) is 2.39. The third-order valence-corrected chi connectivity index (χ3v) is 3.33. The Hall–Kier alpha value is -2.11. The van der Waals surface area contributed by atoms with Crippen molar-refractivity contribution in [3.63, 3.8) is 0 Å². The van der Waals surface area contributed by atoms with Crippen LogP contribution < -0.4 is 16.0 Å². The summed E-state index contributed by atoms with van der Waals surface area (Å²) in [4.78, 5) is 22.9. The van der Waals surface area contributed by atoms with Crippen LogP contribution in [0.3, 0.4) is 0 Å². The summed E-state index contributed by atoms with van der Waals surface area (Å²) in [6.07, 6.45) is 1.71. The number of halogens is 1. The molecule has 0 saturated carbocycles. The van der Waals surface area contributed by atoms with Gasteiger partial charge in [0.25, 0.3) is 0 Å². The maximum atomic E-state index is 13.9. The number of hydrogen-bond donors (Lipinski definition) is 3. The van der Waals surface area contributed by atoms with Gasteiger partial charge in [0.15, 0.2) is 0 Å². The van der Waals surface area contributed by atoms with Crippen LogP contribution in [0.25, 0.3) is 0 Å². The van der Waals surface area contributed by atoms with Gasteiger partial charge in [-0.2, -0.15) is 0 Å². The van der Waals surface area contributed by atoms with Crippen molar-refractivity contribution < 1.29 is 14.0 Å². The highest BCUT2D eigenvalue weighted by atomic mass is 19.1. The molecule has 108 valence electrons. The van der Waals surface area contributed by atoms with E-state index in [1.165, 1.54) is 6.07 Å². The summed E-state index contributed by atoms with van der Waals surface area (Å²) in [6, 6.07) is 2.40. The highest BCUT2D eigenvalue weighted by Gasteiger charge is 2.18. The van der Waals surface area contributed by atoms with Gasteiger partial charge in [-0.25, -0.2) is 9.18 Å².